The van der Waals surface area contributed by atoms with Gasteiger partial charge in [0.05, 0.1) is 42.4 Å². The Morgan fingerprint density at radius 2 is 1.84 bits per heavy atom. The molecule has 1 aromatic heterocycles. The molecule has 31 heavy (non-hydrogen) atoms. The zero-order valence-corrected chi connectivity index (χ0v) is 17.6. The van der Waals surface area contributed by atoms with Crippen molar-refractivity contribution in [3.8, 4) is 5.69 Å². The minimum Gasteiger partial charge on any atom is -0.379 e. The molecule has 1 aliphatic rings. The highest BCUT2D eigenvalue weighted by atomic mass is 19.1. The van der Waals surface area contributed by atoms with Crippen LogP contribution in [0.2, 0.25) is 0 Å². The number of carbonyl (C=O) groups excluding carboxylic acids is 1. The molecule has 0 saturated carbocycles. The standard InChI is InChI=1S/C24H27FN4O2/c1-2-22-21(16-27-29(22)20-6-4-3-5-7-20)24(30)26-17-23(28-12-14-31-15-13-28)18-8-10-19(25)11-9-18/h3-11,16,23H,2,12-15,17H2,1H3,(H,26,30). The highest BCUT2D eigenvalue weighted by Crippen LogP contribution is 2.22. The molecule has 1 fully saturated rings. The summed E-state index contributed by atoms with van der Waals surface area (Å²) in [5.74, 6) is -0.422. The van der Waals surface area contributed by atoms with Crippen LogP contribution in [0.3, 0.4) is 0 Å². The van der Waals surface area contributed by atoms with Gasteiger partial charge in [-0.3, -0.25) is 9.69 Å². The molecule has 7 heteroatoms. The van der Waals surface area contributed by atoms with Crippen LogP contribution >= 0.6 is 0 Å². The van der Waals surface area contributed by atoms with Gasteiger partial charge in [0.25, 0.3) is 5.91 Å². The number of nitrogens with zero attached hydrogens (tertiary/aromatic N) is 3. The molecule has 2 aromatic carbocycles. The van der Waals surface area contributed by atoms with Gasteiger partial charge in [-0.1, -0.05) is 37.3 Å². The Morgan fingerprint density at radius 1 is 1.13 bits per heavy atom. The summed E-state index contributed by atoms with van der Waals surface area (Å²) < 4.78 is 20.7. The number of nitrogens with one attached hydrogen (secondary N) is 1. The molecule has 4 rings (SSSR count). The third-order valence-corrected chi connectivity index (χ3v) is 5.65. The molecular weight excluding hydrogens is 395 g/mol. The summed E-state index contributed by atoms with van der Waals surface area (Å²) in [4.78, 5) is 15.3. The fraction of sp³-hybridized carbons (Fsp3) is 0.333. The summed E-state index contributed by atoms with van der Waals surface area (Å²) in [7, 11) is 0. The normalized spacial score (nSPS) is 15.5. The summed E-state index contributed by atoms with van der Waals surface area (Å²) in [5, 5.41) is 7.53. The summed E-state index contributed by atoms with van der Waals surface area (Å²) in [5.41, 5.74) is 3.34. The van der Waals surface area contributed by atoms with E-state index in [1.165, 1.54) is 12.1 Å². The summed E-state index contributed by atoms with van der Waals surface area (Å²) in [6, 6.07) is 16.2. The molecule has 0 radical (unpaired) electrons. The first-order valence-corrected chi connectivity index (χ1v) is 10.6. The first kappa shape index (κ1) is 21.2. The fourth-order valence-corrected chi connectivity index (χ4v) is 4.01. The number of amides is 1. The van der Waals surface area contributed by atoms with E-state index >= 15 is 0 Å². The topological polar surface area (TPSA) is 59.4 Å². The number of hydrogen-bond acceptors (Lipinski definition) is 4. The number of aromatic nitrogens is 2. The van der Waals surface area contributed by atoms with E-state index in [4.69, 9.17) is 4.74 Å². The van der Waals surface area contributed by atoms with Crippen LogP contribution in [-0.4, -0.2) is 53.4 Å². The second-order valence-corrected chi connectivity index (χ2v) is 7.53. The van der Waals surface area contributed by atoms with Crippen LogP contribution < -0.4 is 5.32 Å². The lowest BCUT2D eigenvalue weighted by Crippen LogP contribution is -2.43. The number of halogens is 1. The van der Waals surface area contributed by atoms with Crippen LogP contribution in [0.15, 0.2) is 60.8 Å². The zero-order valence-electron chi connectivity index (χ0n) is 17.6. The predicted octanol–water partition coefficient (Wildman–Crippen LogP) is 3.38. The minimum atomic E-state index is -0.269. The van der Waals surface area contributed by atoms with Crippen LogP contribution in [0, 0.1) is 5.82 Å². The zero-order chi connectivity index (χ0) is 21.6. The molecule has 1 aliphatic heterocycles. The van der Waals surface area contributed by atoms with Gasteiger partial charge >= 0.3 is 0 Å². The second-order valence-electron chi connectivity index (χ2n) is 7.53. The van der Waals surface area contributed by atoms with E-state index in [1.54, 1.807) is 18.3 Å². The van der Waals surface area contributed by atoms with Crippen molar-refractivity contribution in [3.05, 3.63) is 83.4 Å². The van der Waals surface area contributed by atoms with Gasteiger partial charge in [0, 0.05) is 19.6 Å². The van der Waals surface area contributed by atoms with Crippen molar-refractivity contribution in [2.75, 3.05) is 32.8 Å². The molecule has 0 spiro atoms. The van der Waals surface area contributed by atoms with Gasteiger partial charge in [0.1, 0.15) is 5.82 Å². The molecule has 1 amide bonds. The number of ether oxygens (including phenoxy) is 1. The molecule has 3 aromatic rings. The van der Waals surface area contributed by atoms with Crippen molar-refractivity contribution in [2.24, 2.45) is 0 Å². The van der Waals surface area contributed by atoms with E-state index in [9.17, 15) is 9.18 Å². The number of morpholine rings is 1. The lowest BCUT2D eigenvalue weighted by atomic mass is 10.0. The maximum absolute atomic E-state index is 13.4. The molecular formula is C24H27FN4O2. The Hall–Kier alpha value is -3.03. The van der Waals surface area contributed by atoms with E-state index in [2.05, 4.69) is 15.3 Å². The molecule has 1 unspecified atom stereocenters. The van der Waals surface area contributed by atoms with Crippen LogP contribution in [0.25, 0.3) is 5.69 Å². The molecule has 0 bridgehead atoms. The SMILES string of the molecule is CCc1c(C(=O)NCC(c2ccc(F)cc2)N2CCOCC2)cnn1-c1ccccc1. The van der Waals surface area contributed by atoms with Crippen LogP contribution in [0.1, 0.15) is 34.6 Å². The maximum atomic E-state index is 13.4. The van der Waals surface area contributed by atoms with Crippen molar-refractivity contribution in [3.63, 3.8) is 0 Å². The van der Waals surface area contributed by atoms with E-state index in [-0.39, 0.29) is 17.8 Å². The summed E-state index contributed by atoms with van der Waals surface area (Å²) >= 11 is 0. The first-order valence-electron chi connectivity index (χ1n) is 10.6. The molecule has 0 aliphatic carbocycles. The van der Waals surface area contributed by atoms with Gasteiger partial charge in [-0.05, 0) is 36.2 Å². The third kappa shape index (κ3) is 4.84. The number of carbonyl (C=O) groups is 1. The second kappa shape index (κ2) is 9.85. The molecule has 2 heterocycles. The van der Waals surface area contributed by atoms with Crippen molar-refractivity contribution in [2.45, 2.75) is 19.4 Å². The average Bonchev–Trinajstić information content (AvgIpc) is 3.26. The molecule has 1 N–H and O–H groups in total. The van der Waals surface area contributed by atoms with Crippen LogP contribution in [0.4, 0.5) is 4.39 Å². The van der Waals surface area contributed by atoms with Gasteiger partial charge in [0.15, 0.2) is 0 Å². The maximum Gasteiger partial charge on any atom is 0.254 e. The Balaban J connectivity index is 1.52. The smallest absolute Gasteiger partial charge is 0.254 e. The Bertz CT molecular complexity index is 998. The number of para-hydroxylation sites is 1. The molecule has 1 atom stereocenters. The first-order chi connectivity index (χ1) is 15.2. The fourth-order valence-electron chi connectivity index (χ4n) is 4.01. The quantitative estimate of drug-likeness (QED) is 0.634. The highest BCUT2D eigenvalue weighted by molar-refractivity contribution is 5.95. The summed E-state index contributed by atoms with van der Waals surface area (Å²) in [6.45, 7) is 5.27. The lowest BCUT2D eigenvalue weighted by Gasteiger charge is -2.35. The van der Waals surface area contributed by atoms with E-state index in [0.29, 0.717) is 31.7 Å². The molecule has 162 valence electrons. The number of benzene rings is 2. The van der Waals surface area contributed by atoms with Crippen molar-refractivity contribution >= 4 is 5.91 Å². The van der Waals surface area contributed by atoms with Gasteiger partial charge < -0.3 is 10.1 Å². The van der Waals surface area contributed by atoms with Gasteiger partial charge in [0.2, 0.25) is 0 Å². The summed E-state index contributed by atoms with van der Waals surface area (Å²) in [6.07, 6.45) is 2.31. The van der Waals surface area contributed by atoms with Crippen LogP contribution in [0.5, 0.6) is 0 Å². The molecule has 1 saturated heterocycles. The Labute approximate surface area is 181 Å². The minimum absolute atomic E-state index is 0.0531. The monoisotopic (exact) mass is 422 g/mol. The van der Waals surface area contributed by atoms with Crippen molar-refractivity contribution < 1.29 is 13.9 Å². The van der Waals surface area contributed by atoms with Crippen molar-refractivity contribution in [1.82, 2.24) is 20.0 Å². The van der Waals surface area contributed by atoms with Gasteiger partial charge in [-0.15, -0.1) is 0 Å². The molecule has 6 nitrogen and oxygen atoms in total. The van der Waals surface area contributed by atoms with Gasteiger partial charge in [-0.2, -0.15) is 5.10 Å². The highest BCUT2D eigenvalue weighted by Gasteiger charge is 2.24. The average molecular weight is 423 g/mol. The van der Waals surface area contributed by atoms with Crippen molar-refractivity contribution in [1.29, 1.82) is 0 Å². The van der Waals surface area contributed by atoms with Crippen LogP contribution in [-0.2, 0) is 11.2 Å². The van der Waals surface area contributed by atoms with Gasteiger partial charge in [-0.25, -0.2) is 9.07 Å². The third-order valence-electron chi connectivity index (χ3n) is 5.65. The largest absolute Gasteiger partial charge is 0.379 e. The Morgan fingerprint density at radius 3 is 2.52 bits per heavy atom. The Kier molecular flexibility index (Phi) is 6.74. The predicted molar refractivity (Wildman–Crippen MR) is 117 cm³/mol. The number of hydrogen-bond donors (Lipinski definition) is 1. The van der Waals surface area contributed by atoms with E-state index in [0.717, 1.165) is 30.0 Å². The van der Waals surface area contributed by atoms with E-state index in [1.807, 2.05) is 41.9 Å². The van der Waals surface area contributed by atoms with E-state index < -0.39 is 0 Å². The lowest BCUT2D eigenvalue weighted by molar-refractivity contribution is 0.0162. The number of rotatable bonds is 7.